The number of anilines is 1. The third kappa shape index (κ3) is 2.91. The maximum absolute atomic E-state index is 10.6. The molecule has 2 unspecified atom stereocenters. The van der Waals surface area contributed by atoms with Crippen molar-refractivity contribution in [3.8, 4) is 0 Å². The number of nitrogens with zero attached hydrogens (tertiary/aromatic N) is 1. The number of pyridine rings is 1. The normalized spacial score (nSPS) is 14.4. The average Bonchev–Trinajstić information content (AvgIpc) is 2.20. The fourth-order valence-corrected chi connectivity index (χ4v) is 1.26. The van der Waals surface area contributed by atoms with Crippen molar-refractivity contribution in [1.29, 1.82) is 0 Å². The van der Waals surface area contributed by atoms with Crippen LogP contribution in [0.5, 0.6) is 0 Å². The van der Waals surface area contributed by atoms with E-state index in [4.69, 9.17) is 11.5 Å². The van der Waals surface area contributed by atoms with Gasteiger partial charge in [0.1, 0.15) is 6.10 Å². The number of aromatic nitrogens is 1. The molecule has 1 amide bonds. The van der Waals surface area contributed by atoms with Crippen LogP contribution in [-0.4, -0.2) is 27.2 Å². The van der Waals surface area contributed by atoms with Gasteiger partial charge in [-0.05, 0) is 18.6 Å². The lowest BCUT2D eigenvalue weighted by molar-refractivity contribution is -0.121. The Bertz CT molecular complexity index is 395. The van der Waals surface area contributed by atoms with Crippen LogP contribution in [0.1, 0.15) is 23.8 Å². The van der Waals surface area contributed by atoms with E-state index >= 15 is 0 Å². The van der Waals surface area contributed by atoms with Crippen LogP contribution >= 0.6 is 0 Å². The Labute approximate surface area is 92.9 Å². The Hall–Kier alpha value is -1.66. The summed E-state index contributed by atoms with van der Waals surface area (Å²) in [6.07, 6.45) is -1.42. The number of aliphatic hydroxyl groups excluding tert-OH is 2. The number of nitrogen functional groups attached to an aromatic ring is 1. The molecule has 0 aliphatic carbocycles. The van der Waals surface area contributed by atoms with E-state index in [-0.39, 0.29) is 12.1 Å². The smallest absolute Gasteiger partial charge is 0.220 e. The number of hydrogen-bond donors (Lipinski definition) is 4. The highest BCUT2D eigenvalue weighted by atomic mass is 16.3. The molecule has 88 valence electrons. The molecule has 0 spiro atoms. The molecule has 0 aromatic carbocycles. The molecule has 0 bridgehead atoms. The van der Waals surface area contributed by atoms with Gasteiger partial charge in [0.15, 0.2) is 0 Å². The summed E-state index contributed by atoms with van der Waals surface area (Å²) in [5.74, 6) is -0.682. The number of rotatable bonds is 4. The van der Waals surface area contributed by atoms with Gasteiger partial charge in [-0.15, -0.1) is 0 Å². The highest BCUT2D eigenvalue weighted by molar-refractivity contribution is 5.74. The molecule has 0 aliphatic heterocycles. The molecule has 1 rings (SSSR count). The first kappa shape index (κ1) is 12.4. The van der Waals surface area contributed by atoms with Crippen molar-refractivity contribution >= 4 is 11.6 Å². The summed E-state index contributed by atoms with van der Waals surface area (Å²) in [4.78, 5) is 14.5. The number of amides is 1. The Morgan fingerprint density at radius 1 is 1.56 bits per heavy atom. The van der Waals surface area contributed by atoms with E-state index < -0.39 is 18.1 Å². The second-order valence-electron chi connectivity index (χ2n) is 3.65. The van der Waals surface area contributed by atoms with Crippen LogP contribution in [0.25, 0.3) is 0 Å². The number of primary amides is 1. The summed E-state index contributed by atoms with van der Waals surface area (Å²) in [6, 6.07) is 1.56. The fourth-order valence-electron chi connectivity index (χ4n) is 1.26. The van der Waals surface area contributed by atoms with Crippen molar-refractivity contribution in [3.05, 3.63) is 23.5 Å². The van der Waals surface area contributed by atoms with Crippen LogP contribution in [0.2, 0.25) is 0 Å². The summed E-state index contributed by atoms with van der Waals surface area (Å²) < 4.78 is 0. The standard InChI is InChI=1S/C10H15N3O3/c1-5-2-7(13-4-6(5)11)10(16)8(14)3-9(12)15/h2,4,8,10,14,16H,3,11H2,1H3,(H2,12,15). The third-order valence-electron chi connectivity index (χ3n) is 2.25. The molecule has 1 aromatic rings. The Morgan fingerprint density at radius 2 is 2.19 bits per heavy atom. The van der Waals surface area contributed by atoms with Crippen LogP contribution in [0, 0.1) is 6.92 Å². The van der Waals surface area contributed by atoms with E-state index in [0.717, 1.165) is 5.56 Å². The Balaban J connectivity index is 2.83. The maximum Gasteiger partial charge on any atom is 0.220 e. The predicted molar refractivity (Wildman–Crippen MR) is 58.2 cm³/mol. The average molecular weight is 225 g/mol. The largest absolute Gasteiger partial charge is 0.397 e. The fraction of sp³-hybridized carbons (Fsp3) is 0.400. The van der Waals surface area contributed by atoms with E-state index in [1.54, 1.807) is 13.0 Å². The molecule has 1 heterocycles. The quantitative estimate of drug-likeness (QED) is 0.536. The number of carbonyl (C=O) groups is 1. The highest BCUT2D eigenvalue weighted by Crippen LogP contribution is 2.19. The van der Waals surface area contributed by atoms with Gasteiger partial charge in [-0.3, -0.25) is 9.78 Å². The molecule has 16 heavy (non-hydrogen) atoms. The minimum absolute atomic E-state index is 0.264. The highest BCUT2D eigenvalue weighted by Gasteiger charge is 2.21. The number of aliphatic hydroxyl groups is 2. The van der Waals surface area contributed by atoms with Gasteiger partial charge in [-0.2, -0.15) is 0 Å². The number of aryl methyl sites for hydroxylation is 1. The zero-order valence-electron chi connectivity index (χ0n) is 8.92. The van der Waals surface area contributed by atoms with Gasteiger partial charge >= 0.3 is 0 Å². The summed E-state index contributed by atoms with van der Waals surface area (Å²) in [7, 11) is 0. The molecule has 0 fully saturated rings. The second kappa shape index (κ2) is 4.91. The monoisotopic (exact) mass is 225 g/mol. The van der Waals surface area contributed by atoms with Crippen LogP contribution in [0.3, 0.4) is 0 Å². The molecule has 0 saturated carbocycles. The molecule has 0 saturated heterocycles. The van der Waals surface area contributed by atoms with Crippen molar-refractivity contribution in [2.24, 2.45) is 5.73 Å². The lowest BCUT2D eigenvalue weighted by Gasteiger charge is -2.16. The Kier molecular flexibility index (Phi) is 3.81. The van der Waals surface area contributed by atoms with Crippen molar-refractivity contribution in [2.45, 2.75) is 25.6 Å². The third-order valence-corrected chi connectivity index (χ3v) is 2.25. The zero-order chi connectivity index (χ0) is 12.3. The van der Waals surface area contributed by atoms with Crippen LogP contribution in [0.15, 0.2) is 12.3 Å². The topological polar surface area (TPSA) is 122 Å². The van der Waals surface area contributed by atoms with Crippen molar-refractivity contribution in [2.75, 3.05) is 5.73 Å². The molecular formula is C10H15N3O3. The van der Waals surface area contributed by atoms with Gasteiger partial charge < -0.3 is 21.7 Å². The predicted octanol–water partition coefficient (Wildman–Crippen LogP) is -0.758. The SMILES string of the molecule is Cc1cc(C(O)C(O)CC(N)=O)ncc1N. The molecular weight excluding hydrogens is 210 g/mol. The minimum Gasteiger partial charge on any atom is -0.397 e. The van der Waals surface area contributed by atoms with Crippen LogP contribution in [-0.2, 0) is 4.79 Å². The summed E-state index contributed by atoms with van der Waals surface area (Å²) in [5.41, 5.74) is 12.0. The number of hydrogen-bond acceptors (Lipinski definition) is 5. The van der Waals surface area contributed by atoms with E-state index in [9.17, 15) is 15.0 Å². The molecule has 1 aromatic heterocycles. The lowest BCUT2D eigenvalue weighted by Crippen LogP contribution is -2.26. The zero-order valence-corrected chi connectivity index (χ0v) is 8.92. The van der Waals surface area contributed by atoms with E-state index in [0.29, 0.717) is 5.69 Å². The van der Waals surface area contributed by atoms with Gasteiger partial charge in [0.05, 0.1) is 30.1 Å². The van der Waals surface area contributed by atoms with Crippen molar-refractivity contribution < 1.29 is 15.0 Å². The van der Waals surface area contributed by atoms with E-state index in [1.807, 2.05) is 0 Å². The van der Waals surface area contributed by atoms with Crippen LogP contribution in [0.4, 0.5) is 5.69 Å². The van der Waals surface area contributed by atoms with Gasteiger partial charge in [0, 0.05) is 0 Å². The molecule has 0 aliphatic rings. The Morgan fingerprint density at radius 3 is 2.69 bits per heavy atom. The summed E-state index contributed by atoms with van der Waals surface area (Å²) in [5, 5.41) is 19.2. The summed E-state index contributed by atoms with van der Waals surface area (Å²) in [6.45, 7) is 1.76. The molecule has 0 radical (unpaired) electrons. The molecule has 2 atom stereocenters. The molecule has 6 nitrogen and oxygen atoms in total. The number of nitrogens with two attached hydrogens (primary N) is 2. The van der Waals surface area contributed by atoms with E-state index in [1.165, 1.54) is 6.20 Å². The van der Waals surface area contributed by atoms with Crippen molar-refractivity contribution in [1.82, 2.24) is 4.98 Å². The second-order valence-corrected chi connectivity index (χ2v) is 3.65. The molecule has 6 heteroatoms. The lowest BCUT2D eigenvalue weighted by atomic mass is 10.1. The first-order valence-corrected chi connectivity index (χ1v) is 4.78. The summed E-state index contributed by atoms with van der Waals surface area (Å²) >= 11 is 0. The van der Waals surface area contributed by atoms with Crippen LogP contribution < -0.4 is 11.5 Å². The number of carbonyl (C=O) groups excluding carboxylic acids is 1. The van der Waals surface area contributed by atoms with Crippen molar-refractivity contribution in [3.63, 3.8) is 0 Å². The molecule has 6 N–H and O–H groups in total. The first-order valence-electron chi connectivity index (χ1n) is 4.78. The first-order chi connectivity index (χ1) is 7.41. The van der Waals surface area contributed by atoms with E-state index in [2.05, 4.69) is 4.98 Å². The van der Waals surface area contributed by atoms with Gasteiger partial charge in [-0.1, -0.05) is 0 Å². The van der Waals surface area contributed by atoms with Gasteiger partial charge in [0.2, 0.25) is 5.91 Å². The van der Waals surface area contributed by atoms with Gasteiger partial charge in [0.25, 0.3) is 0 Å². The maximum atomic E-state index is 10.6. The van der Waals surface area contributed by atoms with Gasteiger partial charge in [-0.25, -0.2) is 0 Å². The minimum atomic E-state index is -1.26.